The normalized spacial score (nSPS) is 17.6. The second-order valence-corrected chi connectivity index (χ2v) is 5.32. The van der Waals surface area contributed by atoms with E-state index in [2.05, 4.69) is 5.32 Å². The summed E-state index contributed by atoms with van der Waals surface area (Å²) in [6.07, 6.45) is 2.39. The predicted octanol–water partition coefficient (Wildman–Crippen LogP) is 3.05. The summed E-state index contributed by atoms with van der Waals surface area (Å²) in [7, 11) is 0. The highest BCUT2D eigenvalue weighted by Gasteiger charge is 2.14. The van der Waals surface area contributed by atoms with Gasteiger partial charge >= 0.3 is 0 Å². The maximum absolute atomic E-state index is 12.3. The molecule has 0 saturated carbocycles. The van der Waals surface area contributed by atoms with Crippen LogP contribution in [0.3, 0.4) is 0 Å². The smallest absolute Gasteiger partial charge is 0.193 e. The van der Waals surface area contributed by atoms with E-state index in [4.69, 9.17) is 4.74 Å². The second kappa shape index (κ2) is 6.55. The first-order valence-corrected chi connectivity index (χ1v) is 7.39. The molecule has 0 amide bonds. The number of nitrogens with one attached hydrogen (secondary N) is 1. The maximum Gasteiger partial charge on any atom is 0.193 e. The van der Waals surface area contributed by atoms with Crippen molar-refractivity contribution in [1.29, 1.82) is 0 Å². The molecule has 1 N–H and O–H groups in total. The molecule has 1 fully saturated rings. The van der Waals surface area contributed by atoms with Crippen molar-refractivity contribution < 1.29 is 9.53 Å². The van der Waals surface area contributed by atoms with Crippen molar-refractivity contribution in [3.63, 3.8) is 0 Å². The van der Waals surface area contributed by atoms with Crippen LogP contribution in [0.4, 0.5) is 0 Å². The summed E-state index contributed by atoms with van der Waals surface area (Å²) >= 11 is 0. The third kappa shape index (κ3) is 3.50. The minimum absolute atomic E-state index is 0.0413. The van der Waals surface area contributed by atoms with E-state index in [-0.39, 0.29) is 5.78 Å². The Labute approximate surface area is 124 Å². The van der Waals surface area contributed by atoms with Crippen LogP contribution < -0.4 is 10.1 Å². The van der Waals surface area contributed by atoms with Gasteiger partial charge in [-0.25, -0.2) is 0 Å². The minimum atomic E-state index is 0.0413. The lowest BCUT2D eigenvalue weighted by Crippen LogP contribution is -2.28. The first-order chi connectivity index (χ1) is 10.3. The summed E-state index contributed by atoms with van der Waals surface area (Å²) < 4.78 is 5.76. The summed E-state index contributed by atoms with van der Waals surface area (Å²) in [5, 5.41) is 3.40. The largest absolute Gasteiger partial charge is 0.492 e. The molecule has 21 heavy (non-hydrogen) atoms. The fourth-order valence-corrected chi connectivity index (χ4v) is 2.55. The molecule has 1 heterocycles. The summed E-state index contributed by atoms with van der Waals surface area (Å²) in [6, 6.07) is 17.2. The van der Waals surface area contributed by atoms with Gasteiger partial charge in [0.2, 0.25) is 0 Å². The van der Waals surface area contributed by atoms with Crippen molar-refractivity contribution in [2.75, 3.05) is 13.2 Å². The number of benzene rings is 2. The third-order valence-electron chi connectivity index (χ3n) is 3.77. The average Bonchev–Trinajstić information content (AvgIpc) is 3.07. The quantitative estimate of drug-likeness (QED) is 0.856. The Hall–Kier alpha value is -2.13. The van der Waals surface area contributed by atoms with Crippen molar-refractivity contribution in [2.45, 2.75) is 18.9 Å². The van der Waals surface area contributed by atoms with Crippen molar-refractivity contribution in [3.05, 3.63) is 65.7 Å². The van der Waals surface area contributed by atoms with Gasteiger partial charge in [-0.2, -0.15) is 0 Å². The Bertz CT molecular complexity index is 586. The van der Waals surface area contributed by atoms with Crippen LogP contribution in [0, 0.1) is 0 Å². The fraction of sp³-hybridized carbons (Fsp3) is 0.278. The lowest BCUT2D eigenvalue weighted by molar-refractivity contribution is 0.103. The van der Waals surface area contributed by atoms with Crippen LogP contribution in [0.2, 0.25) is 0 Å². The summed E-state index contributed by atoms with van der Waals surface area (Å²) in [5.41, 5.74) is 1.40. The van der Waals surface area contributed by atoms with Crippen molar-refractivity contribution >= 4 is 5.78 Å². The van der Waals surface area contributed by atoms with Crippen LogP contribution in [0.5, 0.6) is 5.75 Å². The minimum Gasteiger partial charge on any atom is -0.492 e. The van der Waals surface area contributed by atoms with Gasteiger partial charge in [-0.15, -0.1) is 0 Å². The number of rotatable bonds is 5. The molecule has 0 spiro atoms. The second-order valence-electron chi connectivity index (χ2n) is 5.32. The van der Waals surface area contributed by atoms with E-state index < -0.39 is 0 Å². The molecule has 1 saturated heterocycles. The molecular weight excluding hydrogens is 262 g/mol. The van der Waals surface area contributed by atoms with Crippen molar-refractivity contribution in [3.8, 4) is 5.75 Å². The van der Waals surface area contributed by atoms with Crippen LogP contribution in [0.25, 0.3) is 0 Å². The molecule has 0 aliphatic carbocycles. The van der Waals surface area contributed by atoms with Gasteiger partial charge in [0.15, 0.2) is 5.78 Å². The molecule has 3 heteroatoms. The number of hydrogen-bond acceptors (Lipinski definition) is 3. The number of carbonyl (C=O) groups excluding carboxylic acids is 1. The molecule has 3 rings (SSSR count). The highest BCUT2D eigenvalue weighted by atomic mass is 16.5. The van der Waals surface area contributed by atoms with E-state index in [1.807, 2.05) is 54.6 Å². The molecule has 0 aromatic heterocycles. The van der Waals surface area contributed by atoms with Gasteiger partial charge < -0.3 is 10.1 Å². The maximum atomic E-state index is 12.3. The summed E-state index contributed by atoms with van der Waals surface area (Å²) in [6.45, 7) is 1.77. The molecule has 2 aromatic rings. The Balaban J connectivity index is 1.62. The van der Waals surface area contributed by atoms with Gasteiger partial charge in [0.25, 0.3) is 0 Å². The zero-order valence-electron chi connectivity index (χ0n) is 11.9. The van der Waals surface area contributed by atoms with Gasteiger partial charge in [0.05, 0.1) is 0 Å². The molecule has 108 valence electrons. The Morgan fingerprint density at radius 1 is 1.05 bits per heavy atom. The topological polar surface area (TPSA) is 38.3 Å². The first kappa shape index (κ1) is 13.8. The molecule has 1 atom stereocenters. The van der Waals surface area contributed by atoms with Crippen LogP contribution in [0.15, 0.2) is 54.6 Å². The summed E-state index contributed by atoms with van der Waals surface area (Å²) in [4.78, 5) is 12.3. The van der Waals surface area contributed by atoms with Crippen LogP contribution >= 0.6 is 0 Å². The standard InChI is InChI=1S/C18H19NO2/c20-18(14-5-2-1-3-6-14)15-8-10-17(11-9-15)21-13-16-7-4-12-19-16/h1-3,5-6,8-11,16,19H,4,7,12-13H2/t16-/m1/s1. The van der Waals surface area contributed by atoms with Crippen LogP contribution in [-0.2, 0) is 0 Å². The zero-order chi connectivity index (χ0) is 14.5. The number of carbonyl (C=O) groups is 1. The summed E-state index contributed by atoms with van der Waals surface area (Å²) in [5.74, 6) is 0.855. The average molecular weight is 281 g/mol. The fourth-order valence-electron chi connectivity index (χ4n) is 2.55. The van der Waals surface area contributed by atoms with Gasteiger partial charge in [0, 0.05) is 17.2 Å². The molecule has 1 aliphatic rings. The van der Waals surface area contributed by atoms with Crippen molar-refractivity contribution in [2.24, 2.45) is 0 Å². The van der Waals surface area contributed by atoms with E-state index >= 15 is 0 Å². The third-order valence-corrected chi connectivity index (χ3v) is 3.77. The number of ether oxygens (including phenoxy) is 1. The molecule has 0 radical (unpaired) electrons. The van der Waals surface area contributed by atoms with Gasteiger partial charge in [-0.3, -0.25) is 4.79 Å². The van der Waals surface area contributed by atoms with Crippen LogP contribution in [-0.4, -0.2) is 25.0 Å². The lowest BCUT2D eigenvalue weighted by atomic mass is 10.0. The van der Waals surface area contributed by atoms with Gasteiger partial charge in [-0.1, -0.05) is 30.3 Å². The molecule has 0 bridgehead atoms. The monoisotopic (exact) mass is 281 g/mol. The predicted molar refractivity (Wildman–Crippen MR) is 82.8 cm³/mol. The Morgan fingerprint density at radius 2 is 1.76 bits per heavy atom. The van der Waals surface area contributed by atoms with Crippen molar-refractivity contribution in [1.82, 2.24) is 5.32 Å². The number of hydrogen-bond donors (Lipinski definition) is 1. The van der Waals surface area contributed by atoms with Crippen LogP contribution in [0.1, 0.15) is 28.8 Å². The zero-order valence-corrected chi connectivity index (χ0v) is 11.9. The molecule has 1 aliphatic heterocycles. The van der Waals surface area contributed by atoms with E-state index in [9.17, 15) is 4.79 Å². The Morgan fingerprint density at radius 3 is 2.43 bits per heavy atom. The van der Waals surface area contributed by atoms with Gasteiger partial charge in [-0.05, 0) is 43.7 Å². The number of ketones is 1. The van der Waals surface area contributed by atoms with E-state index in [1.54, 1.807) is 0 Å². The molecular formula is C18H19NO2. The van der Waals surface area contributed by atoms with E-state index in [1.165, 1.54) is 12.8 Å². The lowest BCUT2D eigenvalue weighted by Gasteiger charge is -2.12. The first-order valence-electron chi connectivity index (χ1n) is 7.39. The highest BCUT2D eigenvalue weighted by molar-refractivity contribution is 6.08. The van der Waals surface area contributed by atoms with E-state index in [0.29, 0.717) is 23.8 Å². The molecule has 2 aromatic carbocycles. The van der Waals surface area contributed by atoms with Gasteiger partial charge in [0.1, 0.15) is 12.4 Å². The molecule has 3 nitrogen and oxygen atoms in total. The molecule has 0 unspecified atom stereocenters. The van der Waals surface area contributed by atoms with E-state index in [0.717, 1.165) is 12.3 Å². The SMILES string of the molecule is O=C(c1ccccc1)c1ccc(OC[C@H]2CCCN2)cc1. The Kier molecular flexibility index (Phi) is 4.31. The highest BCUT2D eigenvalue weighted by Crippen LogP contribution is 2.16.